The van der Waals surface area contributed by atoms with Crippen LogP contribution in [0.1, 0.15) is 48.0 Å². The van der Waals surface area contributed by atoms with Crippen molar-refractivity contribution in [1.29, 1.82) is 5.26 Å². The molecular formula is C15H24N2O4. The molecule has 0 aromatic rings. The Kier molecular flexibility index (Phi) is 6.93. The zero-order valence-corrected chi connectivity index (χ0v) is 13.5. The Morgan fingerprint density at radius 1 is 1.14 bits per heavy atom. The molecule has 0 fully saturated rings. The minimum Gasteiger partial charge on any atom is -0.460 e. The zero-order valence-electron chi connectivity index (χ0n) is 13.5. The van der Waals surface area contributed by atoms with Crippen molar-refractivity contribution < 1.29 is 19.1 Å². The molecule has 0 aliphatic heterocycles. The molecular weight excluding hydrogens is 272 g/mol. The maximum Gasteiger partial charge on any atom is 0.408 e. The third kappa shape index (κ3) is 11.5. The number of rotatable bonds is 4. The van der Waals surface area contributed by atoms with Crippen LogP contribution in [0.4, 0.5) is 4.79 Å². The molecule has 1 amide bonds. The van der Waals surface area contributed by atoms with E-state index in [2.05, 4.69) is 5.32 Å². The van der Waals surface area contributed by atoms with Gasteiger partial charge in [-0.05, 0) is 41.5 Å². The molecule has 0 aromatic carbocycles. The average Bonchev–Trinajstić information content (AvgIpc) is 2.20. The van der Waals surface area contributed by atoms with Gasteiger partial charge in [0, 0.05) is 6.08 Å². The number of carbonyl (C=O) groups is 2. The molecule has 1 N–H and O–H groups in total. The summed E-state index contributed by atoms with van der Waals surface area (Å²) in [5.41, 5.74) is -1.24. The van der Waals surface area contributed by atoms with Gasteiger partial charge in [-0.3, -0.25) is 4.79 Å². The summed E-state index contributed by atoms with van der Waals surface area (Å²) in [6, 6.07) is 1.16. The van der Waals surface area contributed by atoms with E-state index in [9.17, 15) is 9.59 Å². The number of carbonyl (C=O) groups excluding carboxylic acids is 2. The molecule has 0 rings (SSSR count). The first-order chi connectivity index (χ1) is 9.43. The lowest BCUT2D eigenvalue weighted by molar-refractivity contribution is -0.155. The maximum atomic E-state index is 11.8. The van der Waals surface area contributed by atoms with Crippen LogP contribution in [0.3, 0.4) is 0 Å². The SMILES string of the molecule is CC(C)(C)OC(=O)C[C@@H](C=CC#N)NC(=O)OC(C)(C)C. The van der Waals surface area contributed by atoms with Crippen LogP contribution in [0.5, 0.6) is 0 Å². The molecule has 0 saturated carbocycles. The van der Waals surface area contributed by atoms with Crippen LogP contribution in [-0.2, 0) is 14.3 Å². The van der Waals surface area contributed by atoms with Gasteiger partial charge >= 0.3 is 12.1 Å². The smallest absolute Gasteiger partial charge is 0.408 e. The number of nitriles is 1. The Labute approximate surface area is 126 Å². The fourth-order valence-electron chi connectivity index (χ4n) is 1.35. The summed E-state index contributed by atoms with van der Waals surface area (Å²) in [5.74, 6) is -0.467. The Morgan fingerprint density at radius 2 is 1.67 bits per heavy atom. The molecule has 0 bridgehead atoms. The van der Waals surface area contributed by atoms with Crippen molar-refractivity contribution in [2.45, 2.75) is 65.2 Å². The summed E-state index contributed by atoms with van der Waals surface area (Å²) < 4.78 is 10.3. The summed E-state index contributed by atoms with van der Waals surface area (Å²) in [4.78, 5) is 23.5. The van der Waals surface area contributed by atoms with Gasteiger partial charge in [0.15, 0.2) is 0 Å². The highest BCUT2D eigenvalue weighted by Gasteiger charge is 2.22. The number of allylic oxidation sites excluding steroid dienone is 1. The van der Waals surface area contributed by atoms with Crippen molar-refractivity contribution in [3.8, 4) is 6.07 Å². The molecule has 0 spiro atoms. The number of hydrogen-bond acceptors (Lipinski definition) is 5. The first kappa shape index (κ1) is 19.0. The van der Waals surface area contributed by atoms with Crippen molar-refractivity contribution in [2.75, 3.05) is 0 Å². The van der Waals surface area contributed by atoms with Crippen molar-refractivity contribution in [3.05, 3.63) is 12.2 Å². The molecule has 1 atom stereocenters. The van der Waals surface area contributed by atoms with Crippen LogP contribution in [0.25, 0.3) is 0 Å². The number of alkyl carbamates (subject to hydrolysis) is 1. The average molecular weight is 296 g/mol. The van der Waals surface area contributed by atoms with E-state index in [-0.39, 0.29) is 6.42 Å². The minimum atomic E-state index is -0.658. The van der Waals surface area contributed by atoms with E-state index in [4.69, 9.17) is 14.7 Å². The van der Waals surface area contributed by atoms with Gasteiger partial charge in [0.25, 0.3) is 0 Å². The van der Waals surface area contributed by atoms with Crippen molar-refractivity contribution in [1.82, 2.24) is 5.32 Å². The first-order valence-corrected chi connectivity index (χ1v) is 6.70. The molecule has 118 valence electrons. The Balaban J connectivity index is 4.68. The van der Waals surface area contributed by atoms with Crippen molar-refractivity contribution >= 4 is 12.1 Å². The van der Waals surface area contributed by atoms with E-state index < -0.39 is 29.3 Å². The third-order valence-corrected chi connectivity index (χ3v) is 1.91. The van der Waals surface area contributed by atoms with Gasteiger partial charge in [-0.15, -0.1) is 0 Å². The van der Waals surface area contributed by atoms with Gasteiger partial charge in [-0.1, -0.05) is 6.08 Å². The van der Waals surface area contributed by atoms with E-state index in [1.807, 2.05) is 6.07 Å². The highest BCUT2D eigenvalue weighted by Crippen LogP contribution is 2.11. The van der Waals surface area contributed by atoms with Crippen molar-refractivity contribution in [2.24, 2.45) is 0 Å². The number of amides is 1. The molecule has 0 saturated heterocycles. The summed E-state index contributed by atoms with van der Waals surface area (Å²) in [7, 11) is 0. The van der Waals surface area contributed by atoms with Crippen LogP contribution in [-0.4, -0.2) is 29.3 Å². The van der Waals surface area contributed by atoms with Crippen LogP contribution in [0.2, 0.25) is 0 Å². The standard InChI is InChI=1S/C15H24N2O4/c1-14(2,3)20-12(18)10-11(8-7-9-16)17-13(19)21-15(4,5)6/h7-8,11H,10H2,1-6H3,(H,17,19)/t11-/m1/s1. The quantitative estimate of drug-likeness (QED) is 0.636. The second kappa shape index (κ2) is 7.67. The summed E-state index contributed by atoms with van der Waals surface area (Å²) in [6.07, 6.45) is 1.90. The van der Waals surface area contributed by atoms with Gasteiger partial charge in [0.05, 0.1) is 18.5 Å². The Morgan fingerprint density at radius 3 is 2.10 bits per heavy atom. The lowest BCUT2D eigenvalue weighted by Crippen LogP contribution is -2.40. The van der Waals surface area contributed by atoms with Gasteiger partial charge in [-0.25, -0.2) is 4.79 Å². The largest absolute Gasteiger partial charge is 0.460 e. The van der Waals surface area contributed by atoms with E-state index in [1.54, 1.807) is 41.5 Å². The zero-order chi connectivity index (χ0) is 16.7. The first-order valence-electron chi connectivity index (χ1n) is 6.70. The number of ether oxygens (including phenoxy) is 2. The number of hydrogen-bond donors (Lipinski definition) is 1. The van der Waals surface area contributed by atoms with E-state index in [0.717, 1.165) is 0 Å². The molecule has 21 heavy (non-hydrogen) atoms. The van der Waals surface area contributed by atoms with Crippen LogP contribution < -0.4 is 5.32 Å². The Bertz CT molecular complexity index is 406. The molecule has 0 heterocycles. The molecule has 0 unspecified atom stereocenters. The van der Waals surface area contributed by atoms with Crippen LogP contribution in [0.15, 0.2) is 12.2 Å². The van der Waals surface area contributed by atoms with Gasteiger partial charge < -0.3 is 14.8 Å². The number of esters is 1. The normalized spacial score (nSPS) is 13.4. The van der Waals surface area contributed by atoms with Gasteiger partial charge in [0.2, 0.25) is 0 Å². The fourth-order valence-corrected chi connectivity index (χ4v) is 1.35. The highest BCUT2D eigenvalue weighted by atomic mass is 16.6. The fraction of sp³-hybridized carbons (Fsp3) is 0.667. The molecule has 0 aliphatic rings. The number of nitrogens with zero attached hydrogens (tertiary/aromatic N) is 1. The topological polar surface area (TPSA) is 88.4 Å². The molecule has 6 heteroatoms. The number of nitrogens with one attached hydrogen (secondary N) is 1. The molecule has 0 radical (unpaired) electrons. The minimum absolute atomic E-state index is 0.0747. The molecule has 0 aliphatic carbocycles. The van der Waals surface area contributed by atoms with Gasteiger partial charge in [-0.2, -0.15) is 5.26 Å². The lowest BCUT2D eigenvalue weighted by atomic mass is 10.1. The van der Waals surface area contributed by atoms with Gasteiger partial charge in [0.1, 0.15) is 11.2 Å². The monoisotopic (exact) mass is 296 g/mol. The predicted molar refractivity (Wildman–Crippen MR) is 78.4 cm³/mol. The third-order valence-electron chi connectivity index (χ3n) is 1.91. The van der Waals surface area contributed by atoms with E-state index in [1.165, 1.54) is 12.2 Å². The lowest BCUT2D eigenvalue weighted by Gasteiger charge is -2.23. The van der Waals surface area contributed by atoms with E-state index in [0.29, 0.717) is 0 Å². The second-order valence-corrected chi connectivity index (χ2v) is 6.53. The summed E-state index contributed by atoms with van der Waals surface area (Å²) in [6.45, 7) is 10.5. The van der Waals surface area contributed by atoms with Crippen LogP contribution >= 0.6 is 0 Å². The maximum absolute atomic E-state index is 11.8. The van der Waals surface area contributed by atoms with Crippen molar-refractivity contribution in [3.63, 3.8) is 0 Å². The second-order valence-electron chi connectivity index (χ2n) is 6.53. The summed E-state index contributed by atoms with van der Waals surface area (Å²) >= 11 is 0. The molecule has 0 aromatic heterocycles. The van der Waals surface area contributed by atoms with Crippen LogP contribution in [0, 0.1) is 11.3 Å². The highest BCUT2D eigenvalue weighted by molar-refractivity contribution is 5.73. The van der Waals surface area contributed by atoms with E-state index >= 15 is 0 Å². The Hall–Kier alpha value is -2.03. The molecule has 6 nitrogen and oxygen atoms in total. The predicted octanol–water partition coefficient (Wildman–Crippen LogP) is 2.69. The summed E-state index contributed by atoms with van der Waals surface area (Å²) in [5, 5.41) is 11.1.